The predicted octanol–water partition coefficient (Wildman–Crippen LogP) is 2.77. The average molecular weight is 306 g/mol. The van der Waals surface area contributed by atoms with Crippen molar-refractivity contribution in [2.75, 3.05) is 7.11 Å². The number of hydrogen-bond donors (Lipinski definition) is 0. The van der Waals surface area contributed by atoms with Gasteiger partial charge in [0.1, 0.15) is 0 Å². The fourth-order valence-corrected chi connectivity index (χ4v) is 2.70. The van der Waals surface area contributed by atoms with E-state index in [9.17, 15) is 4.79 Å². The van der Waals surface area contributed by atoms with Gasteiger partial charge in [-0.2, -0.15) is 4.68 Å². The number of carbonyl (C=O) groups excluding carboxylic acids is 1. The summed E-state index contributed by atoms with van der Waals surface area (Å²) in [5.74, 6) is 0.291. The molecule has 0 aliphatic rings. The minimum atomic E-state index is -0.496. The number of aromatic nitrogens is 4. The van der Waals surface area contributed by atoms with Crippen LogP contribution in [-0.2, 0) is 4.74 Å². The molecule has 0 aliphatic heterocycles. The van der Waals surface area contributed by atoms with Crippen LogP contribution in [0.15, 0.2) is 48.5 Å². The van der Waals surface area contributed by atoms with Crippen molar-refractivity contribution in [3.05, 3.63) is 59.9 Å². The Balaban J connectivity index is 2.11. The van der Waals surface area contributed by atoms with Crippen LogP contribution < -0.4 is 0 Å². The van der Waals surface area contributed by atoms with Gasteiger partial charge in [0.2, 0.25) is 11.6 Å². The van der Waals surface area contributed by atoms with E-state index in [0.717, 1.165) is 22.3 Å². The molecule has 0 atom stereocenters. The molecule has 0 unspecified atom stereocenters. The highest BCUT2D eigenvalue weighted by Gasteiger charge is 2.22. The molecule has 4 aromatic rings. The standard InChI is InChI=1S/C17H14N4O2/c1-11-6-5-7-12(10-11)21-17-18-13-8-3-4-9-14(13)20(17)15(19-21)16(22)23-2/h3-10H,1-2H3. The second-order valence-corrected chi connectivity index (χ2v) is 5.30. The van der Waals surface area contributed by atoms with Gasteiger partial charge in [-0.25, -0.2) is 9.78 Å². The number of methoxy groups -OCH3 is 1. The van der Waals surface area contributed by atoms with Crippen LogP contribution in [0.2, 0.25) is 0 Å². The monoisotopic (exact) mass is 306 g/mol. The lowest BCUT2D eigenvalue weighted by molar-refractivity contribution is 0.0585. The molecule has 0 N–H and O–H groups in total. The highest BCUT2D eigenvalue weighted by Crippen LogP contribution is 2.22. The third-order valence-corrected chi connectivity index (χ3v) is 3.75. The minimum absolute atomic E-state index is 0.206. The van der Waals surface area contributed by atoms with E-state index in [0.29, 0.717) is 5.78 Å². The zero-order valence-corrected chi connectivity index (χ0v) is 12.7. The van der Waals surface area contributed by atoms with Crippen molar-refractivity contribution in [3.8, 4) is 5.69 Å². The Morgan fingerprint density at radius 3 is 2.74 bits per heavy atom. The van der Waals surface area contributed by atoms with Gasteiger partial charge in [-0.05, 0) is 36.8 Å². The largest absolute Gasteiger partial charge is 0.463 e. The third-order valence-electron chi connectivity index (χ3n) is 3.75. The Morgan fingerprint density at radius 1 is 1.13 bits per heavy atom. The molecule has 0 saturated carbocycles. The molecule has 114 valence electrons. The highest BCUT2D eigenvalue weighted by molar-refractivity contribution is 5.90. The topological polar surface area (TPSA) is 61.4 Å². The second kappa shape index (κ2) is 4.95. The van der Waals surface area contributed by atoms with E-state index in [1.54, 1.807) is 9.08 Å². The fraction of sp³-hybridized carbons (Fsp3) is 0.118. The summed E-state index contributed by atoms with van der Waals surface area (Å²) in [6, 6.07) is 15.5. The molecule has 4 rings (SSSR count). The van der Waals surface area contributed by atoms with Gasteiger partial charge < -0.3 is 4.74 Å². The Morgan fingerprint density at radius 2 is 1.96 bits per heavy atom. The maximum absolute atomic E-state index is 12.1. The number of imidazole rings is 1. The second-order valence-electron chi connectivity index (χ2n) is 5.30. The molecule has 0 bridgehead atoms. The van der Waals surface area contributed by atoms with Crippen molar-refractivity contribution >= 4 is 22.8 Å². The van der Waals surface area contributed by atoms with Gasteiger partial charge in [-0.15, -0.1) is 5.10 Å². The van der Waals surface area contributed by atoms with Gasteiger partial charge in [0.25, 0.3) is 0 Å². The zero-order valence-electron chi connectivity index (χ0n) is 12.7. The minimum Gasteiger partial charge on any atom is -0.463 e. The van der Waals surface area contributed by atoms with Crippen LogP contribution in [0.4, 0.5) is 0 Å². The first-order chi connectivity index (χ1) is 11.2. The number of nitrogens with zero attached hydrogens (tertiary/aromatic N) is 4. The van der Waals surface area contributed by atoms with E-state index in [1.807, 2.05) is 55.5 Å². The maximum Gasteiger partial charge on any atom is 0.376 e. The van der Waals surface area contributed by atoms with E-state index in [4.69, 9.17) is 4.74 Å². The first-order valence-corrected chi connectivity index (χ1v) is 7.20. The van der Waals surface area contributed by atoms with Gasteiger partial charge in [0.05, 0.1) is 23.8 Å². The highest BCUT2D eigenvalue weighted by atomic mass is 16.5. The van der Waals surface area contributed by atoms with Crippen LogP contribution in [0.5, 0.6) is 0 Å². The molecule has 23 heavy (non-hydrogen) atoms. The first kappa shape index (κ1) is 13.5. The predicted molar refractivity (Wildman–Crippen MR) is 85.9 cm³/mol. The van der Waals surface area contributed by atoms with E-state index >= 15 is 0 Å². The number of benzene rings is 2. The summed E-state index contributed by atoms with van der Waals surface area (Å²) in [5.41, 5.74) is 3.57. The molecule has 0 spiro atoms. The SMILES string of the molecule is COC(=O)c1nn(-c2cccc(C)c2)c2nc3ccccc3n12. The van der Waals surface area contributed by atoms with Crippen molar-refractivity contribution in [3.63, 3.8) is 0 Å². The lowest BCUT2D eigenvalue weighted by Gasteiger charge is -2.01. The fourth-order valence-electron chi connectivity index (χ4n) is 2.70. The van der Waals surface area contributed by atoms with E-state index < -0.39 is 5.97 Å². The molecule has 6 heteroatoms. The van der Waals surface area contributed by atoms with Crippen molar-refractivity contribution < 1.29 is 9.53 Å². The summed E-state index contributed by atoms with van der Waals surface area (Å²) in [4.78, 5) is 16.7. The Hall–Kier alpha value is -3.15. The summed E-state index contributed by atoms with van der Waals surface area (Å²) < 4.78 is 8.26. The molecule has 0 saturated heterocycles. The van der Waals surface area contributed by atoms with Crippen LogP contribution in [0.1, 0.15) is 16.2 Å². The molecule has 2 heterocycles. The maximum atomic E-state index is 12.1. The van der Waals surface area contributed by atoms with Crippen molar-refractivity contribution in [2.24, 2.45) is 0 Å². The number of fused-ring (bicyclic) bond motifs is 3. The average Bonchev–Trinajstić information content (AvgIpc) is 3.11. The Labute approximate surface area is 131 Å². The summed E-state index contributed by atoms with van der Waals surface area (Å²) in [7, 11) is 1.35. The third kappa shape index (κ3) is 1.99. The zero-order chi connectivity index (χ0) is 16.0. The Kier molecular flexibility index (Phi) is 2.90. The molecular formula is C17H14N4O2. The molecule has 6 nitrogen and oxygen atoms in total. The first-order valence-electron chi connectivity index (χ1n) is 7.20. The molecule has 2 aromatic heterocycles. The van der Waals surface area contributed by atoms with Gasteiger partial charge in [-0.1, -0.05) is 24.3 Å². The van der Waals surface area contributed by atoms with Crippen LogP contribution in [0.3, 0.4) is 0 Å². The summed E-state index contributed by atoms with van der Waals surface area (Å²) in [6.45, 7) is 2.01. The van der Waals surface area contributed by atoms with E-state index in [1.165, 1.54) is 7.11 Å². The van der Waals surface area contributed by atoms with Gasteiger partial charge in [0, 0.05) is 0 Å². The lowest BCUT2D eigenvalue weighted by Crippen LogP contribution is -2.07. The summed E-state index contributed by atoms with van der Waals surface area (Å²) in [6.07, 6.45) is 0. The van der Waals surface area contributed by atoms with E-state index in [-0.39, 0.29) is 5.82 Å². The number of esters is 1. The molecule has 2 aromatic carbocycles. The molecule has 0 amide bonds. The lowest BCUT2D eigenvalue weighted by atomic mass is 10.2. The van der Waals surface area contributed by atoms with Crippen LogP contribution in [-0.4, -0.2) is 32.2 Å². The van der Waals surface area contributed by atoms with Crippen LogP contribution in [0, 0.1) is 6.92 Å². The van der Waals surface area contributed by atoms with Crippen LogP contribution in [0.25, 0.3) is 22.5 Å². The van der Waals surface area contributed by atoms with Gasteiger partial charge in [-0.3, -0.25) is 4.40 Å². The van der Waals surface area contributed by atoms with Crippen molar-refractivity contribution in [2.45, 2.75) is 6.92 Å². The number of para-hydroxylation sites is 2. The Bertz CT molecular complexity index is 1050. The molecule has 0 aliphatic carbocycles. The number of aryl methyl sites for hydroxylation is 1. The number of ether oxygens (including phenoxy) is 1. The number of rotatable bonds is 2. The molecular weight excluding hydrogens is 292 g/mol. The van der Waals surface area contributed by atoms with Gasteiger partial charge >= 0.3 is 5.97 Å². The quantitative estimate of drug-likeness (QED) is 0.534. The molecule has 0 radical (unpaired) electrons. The summed E-state index contributed by atoms with van der Waals surface area (Å²) >= 11 is 0. The number of hydrogen-bond acceptors (Lipinski definition) is 4. The van der Waals surface area contributed by atoms with Crippen LogP contribution >= 0.6 is 0 Å². The normalized spacial score (nSPS) is 11.2. The molecule has 0 fully saturated rings. The smallest absolute Gasteiger partial charge is 0.376 e. The van der Waals surface area contributed by atoms with E-state index in [2.05, 4.69) is 10.1 Å². The number of carbonyl (C=O) groups is 1. The van der Waals surface area contributed by atoms with Crippen molar-refractivity contribution in [1.29, 1.82) is 0 Å². The van der Waals surface area contributed by atoms with Crippen molar-refractivity contribution in [1.82, 2.24) is 19.2 Å². The van der Waals surface area contributed by atoms with Gasteiger partial charge in [0.15, 0.2) is 0 Å². The summed E-state index contributed by atoms with van der Waals surface area (Å²) in [5, 5.41) is 4.42.